The van der Waals surface area contributed by atoms with Gasteiger partial charge in [-0.3, -0.25) is 4.79 Å². The Balaban J connectivity index is 1.68. The molecule has 3 aromatic rings. The summed E-state index contributed by atoms with van der Waals surface area (Å²) in [5, 5.41) is 14.4. The summed E-state index contributed by atoms with van der Waals surface area (Å²) in [4.78, 5) is 12.3. The van der Waals surface area contributed by atoms with E-state index in [4.69, 9.17) is 0 Å². The molecule has 0 radical (unpaired) electrons. The monoisotopic (exact) mass is 365 g/mol. The molecular weight excluding hydrogens is 346 g/mol. The van der Waals surface area contributed by atoms with Crippen molar-refractivity contribution >= 4 is 18.1 Å². The highest BCUT2D eigenvalue weighted by Crippen LogP contribution is 2.37. The van der Waals surface area contributed by atoms with Gasteiger partial charge >= 0.3 is 0 Å². The number of benzene rings is 3. The third-order valence-electron chi connectivity index (χ3n) is 4.80. The molecule has 0 atom stereocenters. The van der Waals surface area contributed by atoms with Gasteiger partial charge in [0.15, 0.2) is 5.60 Å². The van der Waals surface area contributed by atoms with E-state index in [0.717, 1.165) is 16.7 Å². The summed E-state index contributed by atoms with van der Waals surface area (Å²) in [7, 11) is 0. The maximum atomic E-state index is 12.3. The normalized spacial score (nSPS) is 13.3. The van der Waals surface area contributed by atoms with Crippen LogP contribution in [0.1, 0.15) is 27.8 Å². The summed E-state index contributed by atoms with van der Waals surface area (Å²) in [5.41, 5.74) is 2.51. The number of carbonyl (C=O) groups is 1. The first-order chi connectivity index (χ1) is 13.7. The Kier molecular flexibility index (Phi) is 4.80. The van der Waals surface area contributed by atoms with E-state index in [9.17, 15) is 9.90 Å². The molecule has 136 valence electrons. The molecule has 2 N–H and O–H groups in total. The third kappa shape index (κ3) is 3.46. The quantitative estimate of drug-likeness (QED) is 0.680. The fourth-order valence-electron chi connectivity index (χ4n) is 3.37. The zero-order valence-corrected chi connectivity index (χ0v) is 15.2. The van der Waals surface area contributed by atoms with Crippen molar-refractivity contribution < 1.29 is 9.90 Å². The van der Waals surface area contributed by atoms with Gasteiger partial charge in [0.05, 0.1) is 0 Å². The van der Waals surface area contributed by atoms with Gasteiger partial charge in [0.1, 0.15) is 0 Å². The number of hydrogen-bond acceptors (Lipinski definition) is 2. The van der Waals surface area contributed by atoms with Crippen LogP contribution < -0.4 is 5.32 Å². The van der Waals surface area contributed by atoms with Crippen LogP contribution in [0.5, 0.6) is 0 Å². The molecule has 4 rings (SSSR count). The van der Waals surface area contributed by atoms with Crippen LogP contribution >= 0.6 is 0 Å². The van der Waals surface area contributed by atoms with Crippen molar-refractivity contribution in [1.82, 2.24) is 5.32 Å². The summed E-state index contributed by atoms with van der Waals surface area (Å²) < 4.78 is 0. The summed E-state index contributed by atoms with van der Waals surface area (Å²) >= 11 is 0. The Morgan fingerprint density at radius 2 is 1.36 bits per heavy atom. The number of nitrogens with one attached hydrogen (secondary N) is 1. The van der Waals surface area contributed by atoms with Gasteiger partial charge in [-0.2, -0.15) is 0 Å². The summed E-state index contributed by atoms with van der Waals surface area (Å²) in [6.45, 7) is 0.390. The van der Waals surface area contributed by atoms with Gasteiger partial charge in [0.25, 0.3) is 5.91 Å². The fourth-order valence-corrected chi connectivity index (χ4v) is 3.37. The topological polar surface area (TPSA) is 49.3 Å². The number of rotatable bonds is 2. The molecule has 3 aromatic carbocycles. The second kappa shape index (κ2) is 7.56. The van der Waals surface area contributed by atoms with Gasteiger partial charge in [-0.1, -0.05) is 91.0 Å². The molecule has 3 heteroatoms. The zero-order chi connectivity index (χ0) is 19.4. The molecule has 0 aromatic heterocycles. The maximum Gasteiger partial charge on any atom is 0.296 e. The van der Waals surface area contributed by atoms with Gasteiger partial charge in [-0.15, -0.1) is 0 Å². The van der Waals surface area contributed by atoms with Crippen molar-refractivity contribution in [2.75, 3.05) is 0 Å². The molecule has 1 amide bonds. The summed E-state index contributed by atoms with van der Waals surface area (Å²) in [6.07, 6.45) is 3.92. The molecule has 1 aliphatic carbocycles. The lowest BCUT2D eigenvalue weighted by molar-refractivity contribution is -0.115. The van der Waals surface area contributed by atoms with E-state index in [-0.39, 0.29) is 0 Å². The van der Waals surface area contributed by atoms with Gasteiger partial charge in [-0.05, 0) is 28.5 Å². The van der Waals surface area contributed by atoms with Gasteiger partial charge in [0, 0.05) is 17.7 Å². The number of hydrogen-bond donors (Lipinski definition) is 2. The predicted octanol–water partition coefficient (Wildman–Crippen LogP) is 3.73. The standard InChI is InChI=1S/C25H19NO2/c27-24(26-18-19-8-2-1-3-9-19)16-17-25(28)22-12-6-4-10-20(22)14-15-21-11-5-7-13-23(21)25/h1-15,28H,18H2,(H,26,27). The molecule has 0 unspecified atom stereocenters. The van der Waals surface area contributed by atoms with Crippen LogP contribution in [0.4, 0.5) is 0 Å². The lowest BCUT2D eigenvalue weighted by Gasteiger charge is -2.25. The molecule has 0 fully saturated rings. The first-order valence-electron chi connectivity index (χ1n) is 9.11. The average Bonchev–Trinajstić information content (AvgIpc) is 2.87. The van der Waals surface area contributed by atoms with Crippen LogP contribution in [0.3, 0.4) is 0 Å². The first-order valence-corrected chi connectivity index (χ1v) is 9.11. The second-order valence-corrected chi connectivity index (χ2v) is 6.64. The first kappa shape index (κ1) is 17.8. The van der Waals surface area contributed by atoms with Crippen molar-refractivity contribution in [3.05, 3.63) is 107 Å². The Labute approximate surface area is 164 Å². The number of fused-ring (bicyclic) bond motifs is 2. The Hall–Kier alpha value is -3.61. The van der Waals surface area contributed by atoms with Crippen LogP contribution in [-0.2, 0) is 16.9 Å². The van der Waals surface area contributed by atoms with Gasteiger partial charge in [0.2, 0.25) is 0 Å². The molecule has 0 saturated carbocycles. The molecular formula is C25H19NO2. The molecule has 0 bridgehead atoms. The number of aliphatic hydroxyl groups is 1. The van der Waals surface area contributed by atoms with Crippen molar-refractivity contribution in [1.29, 1.82) is 0 Å². The van der Waals surface area contributed by atoms with E-state index in [1.807, 2.05) is 91.0 Å². The molecule has 3 nitrogen and oxygen atoms in total. The lowest BCUT2D eigenvalue weighted by Crippen LogP contribution is -2.28. The van der Waals surface area contributed by atoms with Crippen LogP contribution in [0.15, 0.2) is 78.9 Å². The Bertz CT molecular complexity index is 1050. The smallest absolute Gasteiger partial charge is 0.296 e. The molecule has 1 aliphatic rings. The minimum absolute atomic E-state index is 0.390. The van der Waals surface area contributed by atoms with Crippen molar-refractivity contribution in [3.63, 3.8) is 0 Å². The molecule has 0 spiro atoms. The summed E-state index contributed by atoms with van der Waals surface area (Å²) in [6, 6.07) is 24.7. The predicted molar refractivity (Wildman–Crippen MR) is 111 cm³/mol. The molecule has 0 aliphatic heterocycles. The SMILES string of the molecule is O=C(C#CC1(O)c2ccccc2C=Cc2ccccc21)NCc1ccccc1. The van der Waals surface area contributed by atoms with Gasteiger partial charge in [-0.25, -0.2) is 0 Å². The van der Waals surface area contributed by atoms with Crippen LogP contribution in [0.25, 0.3) is 12.2 Å². The minimum atomic E-state index is -1.57. The maximum absolute atomic E-state index is 12.3. The van der Waals surface area contributed by atoms with Crippen molar-refractivity contribution in [2.24, 2.45) is 0 Å². The van der Waals surface area contributed by atoms with Crippen LogP contribution in [0.2, 0.25) is 0 Å². The third-order valence-corrected chi connectivity index (χ3v) is 4.80. The minimum Gasteiger partial charge on any atom is -0.369 e. The molecule has 28 heavy (non-hydrogen) atoms. The number of amides is 1. The highest BCUT2D eigenvalue weighted by Gasteiger charge is 2.34. The van der Waals surface area contributed by atoms with E-state index < -0.39 is 11.5 Å². The second-order valence-electron chi connectivity index (χ2n) is 6.64. The van der Waals surface area contributed by atoms with Crippen LogP contribution in [0, 0.1) is 11.8 Å². The zero-order valence-electron chi connectivity index (χ0n) is 15.2. The van der Waals surface area contributed by atoms with Crippen molar-refractivity contribution in [3.8, 4) is 11.8 Å². The van der Waals surface area contributed by atoms with E-state index in [1.165, 1.54) is 0 Å². The highest BCUT2D eigenvalue weighted by atomic mass is 16.3. The van der Waals surface area contributed by atoms with E-state index in [1.54, 1.807) is 0 Å². The fraction of sp³-hybridized carbons (Fsp3) is 0.0800. The van der Waals surface area contributed by atoms with E-state index >= 15 is 0 Å². The highest BCUT2D eigenvalue weighted by molar-refractivity contribution is 5.94. The van der Waals surface area contributed by atoms with E-state index in [0.29, 0.717) is 17.7 Å². The van der Waals surface area contributed by atoms with Crippen LogP contribution in [-0.4, -0.2) is 11.0 Å². The van der Waals surface area contributed by atoms with E-state index in [2.05, 4.69) is 17.2 Å². The Morgan fingerprint density at radius 3 is 1.96 bits per heavy atom. The van der Waals surface area contributed by atoms with Gasteiger partial charge < -0.3 is 10.4 Å². The number of carbonyl (C=O) groups excluding carboxylic acids is 1. The van der Waals surface area contributed by atoms with Crippen molar-refractivity contribution in [2.45, 2.75) is 12.1 Å². The summed E-state index contributed by atoms with van der Waals surface area (Å²) in [5.74, 6) is 5.01. The largest absolute Gasteiger partial charge is 0.369 e. The Morgan fingerprint density at radius 1 is 0.821 bits per heavy atom. The average molecular weight is 365 g/mol. The molecule has 0 heterocycles. The molecule has 0 saturated heterocycles. The lowest BCUT2D eigenvalue weighted by atomic mass is 9.83.